The van der Waals surface area contributed by atoms with Gasteiger partial charge < -0.3 is 19.5 Å². The highest BCUT2D eigenvalue weighted by Gasteiger charge is 2.15. The molecule has 146 valence electrons. The van der Waals surface area contributed by atoms with Crippen LogP contribution in [0, 0.1) is 11.7 Å². The summed E-state index contributed by atoms with van der Waals surface area (Å²) in [6.45, 7) is 3.22. The number of rotatable bonds is 6. The molecule has 3 rings (SSSR count). The minimum atomic E-state index is -0.268. The van der Waals surface area contributed by atoms with Crippen molar-refractivity contribution in [1.29, 1.82) is 0 Å². The molecule has 1 aromatic carbocycles. The van der Waals surface area contributed by atoms with Crippen LogP contribution >= 0.6 is 0 Å². The van der Waals surface area contributed by atoms with E-state index in [9.17, 15) is 4.39 Å². The molecule has 1 N–H and O–H groups in total. The summed E-state index contributed by atoms with van der Waals surface area (Å²) in [6.07, 6.45) is 8.37. The lowest BCUT2D eigenvalue weighted by molar-refractivity contribution is 0.0625. The van der Waals surface area contributed by atoms with Gasteiger partial charge in [-0.05, 0) is 42.9 Å². The number of imidazole rings is 1. The number of halogens is 1. The Bertz CT molecular complexity index is 741. The first kappa shape index (κ1) is 19.4. The standard InChI is InChI=1S/C20H28FN5O/c1-22-20(25(2)9-5-16-6-11-27-12-7-16)24-14-17-3-4-19(18(21)13-17)26-10-8-23-15-26/h3-4,8,10,13,15-16H,5-7,9,11-12,14H2,1-2H3,(H,22,24). The van der Waals surface area contributed by atoms with Gasteiger partial charge in [0.25, 0.3) is 0 Å². The number of hydrogen-bond donors (Lipinski definition) is 1. The predicted molar refractivity (Wildman–Crippen MR) is 105 cm³/mol. The molecule has 0 unspecified atom stereocenters. The van der Waals surface area contributed by atoms with Gasteiger partial charge >= 0.3 is 0 Å². The van der Waals surface area contributed by atoms with Crippen molar-refractivity contribution >= 4 is 5.96 Å². The molecule has 1 aliphatic heterocycles. The van der Waals surface area contributed by atoms with E-state index in [2.05, 4.69) is 20.2 Å². The normalized spacial score (nSPS) is 15.7. The highest BCUT2D eigenvalue weighted by atomic mass is 19.1. The fourth-order valence-electron chi connectivity index (χ4n) is 3.35. The van der Waals surface area contributed by atoms with Crippen molar-refractivity contribution < 1.29 is 9.13 Å². The second-order valence-electron chi connectivity index (χ2n) is 6.92. The molecule has 1 saturated heterocycles. The Balaban J connectivity index is 1.52. The van der Waals surface area contributed by atoms with Crippen molar-refractivity contribution in [2.45, 2.75) is 25.8 Å². The van der Waals surface area contributed by atoms with Crippen molar-refractivity contribution in [3.63, 3.8) is 0 Å². The summed E-state index contributed by atoms with van der Waals surface area (Å²) in [7, 11) is 3.81. The average molecular weight is 373 g/mol. The van der Waals surface area contributed by atoms with Gasteiger partial charge in [0.1, 0.15) is 5.82 Å². The maximum Gasteiger partial charge on any atom is 0.193 e. The van der Waals surface area contributed by atoms with Gasteiger partial charge in [0, 0.05) is 52.8 Å². The number of hydrogen-bond acceptors (Lipinski definition) is 3. The van der Waals surface area contributed by atoms with E-state index in [4.69, 9.17) is 4.74 Å². The Kier molecular flexibility index (Phi) is 6.81. The maximum absolute atomic E-state index is 14.4. The fourth-order valence-corrected chi connectivity index (χ4v) is 3.35. The number of aromatic nitrogens is 2. The molecule has 0 amide bonds. The molecule has 0 aliphatic carbocycles. The number of nitrogens with one attached hydrogen (secondary N) is 1. The van der Waals surface area contributed by atoms with Crippen molar-refractivity contribution in [2.24, 2.45) is 10.9 Å². The second-order valence-corrected chi connectivity index (χ2v) is 6.92. The van der Waals surface area contributed by atoms with Crippen LogP contribution in [0.25, 0.3) is 5.69 Å². The topological polar surface area (TPSA) is 54.7 Å². The van der Waals surface area contributed by atoms with Crippen molar-refractivity contribution in [2.75, 3.05) is 33.9 Å². The van der Waals surface area contributed by atoms with Gasteiger partial charge in [0.15, 0.2) is 5.96 Å². The van der Waals surface area contributed by atoms with Crippen LogP contribution in [0.5, 0.6) is 0 Å². The van der Waals surface area contributed by atoms with Crippen LogP contribution in [0.2, 0.25) is 0 Å². The quantitative estimate of drug-likeness (QED) is 0.625. The first-order valence-electron chi connectivity index (χ1n) is 9.43. The van der Waals surface area contributed by atoms with E-state index in [0.717, 1.165) is 56.5 Å². The predicted octanol–water partition coefficient (Wildman–Crippen LogP) is 2.84. The largest absolute Gasteiger partial charge is 0.381 e. The van der Waals surface area contributed by atoms with Crippen molar-refractivity contribution in [3.8, 4) is 5.69 Å². The molecule has 0 bridgehead atoms. The summed E-state index contributed by atoms with van der Waals surface area (Å²) in [6, 6.07) is 5.24. The number of ether oxygens (including phenoxy) is 1. The van der Waals surface area contributed by atoms with E-state index >= 15 is 0 Å². The van der Waals surface area contributed by atoms with E-state index in [-0.39, 0.29) is 5.82 Å². The maximum atomic E-state index is 14.4. The lowest BCUT2D eigenvalue weighted by atomic mass is 9.96. The number of aliphatic imine (C=N–C) groups is 1. The molecule has 6 nitrogen and oxygen atoms in total. The van der Waals surface area contributed by atoms with Gasteiger partial charge in [0.05, 0.1) is 12.0 Å². The molecule has 1 aromatic heterocycles. The Morgan fingerprint density at radius 3 is 2.89 bits per heavy atom. The minimum absolute atomic E-state index is 0.268. The van der Waals surface area contributed by atoms with E-state index < -0.39 is 0 Å². The smallest absolute Gasteiger partial charge is 0.193 e. The molecule has 0 radical (unpaired) electrons. The Labute approximate surface area is 160 Å². The summed E-state index contributed by atoms with van der Waals surface area (Å²) in [5.41, 5.74) is 1.37. The van der Waals surface area contributed by atoms with E-state index in [1.807, 2.05) is 13.1 Å². The molecule has 0 spiro atoms. The molecule has 0 saturated carbocycles. The molecule has 7 heteroatoms. The third kappa shape index (κ3) is 5.29. The van der Waals surface area contributed by atoms with Crippen LogP contribution in [-0.2, 0) is 11.3 Å². The summed E-state index contributed by atoms with van der Waals surface area (Å²) >= 11 is 0. The van der Waals surface area contributed by atoms with Crippen molar-refractivity contribution in [1.82, 2.24) is 19.8 Å². The van der Waals surface area contributed by atoms with Crippen LogP contribution in [0.4, 0.5) is 4.39 Å². The summed E-state index contributed by atoms with van der Waals surface area (Å²) in [5.74, 6) is 1.28. The zero-order valence-corrected chi connectivity index (χ0v) is 16.1. The third-order valence-electron chi connectivity index (χ3n) is 5.03. The van der Waals surface area contributed by atoms with E-state index in [1.165, 1.54) is 0 Å². The molecule has 1 aliphatic rings. The second kappa shape index (κ2) is 9.50. The molecule has 2 heterocycles. The number of benzene rings is 1. The molecular formula is C20H28FN5O. The first-order valence-corrected chi connectivity index (χ1v) is 9.43. The van der Waals surface area contributed by atoms with Crippen LogP contribution in [0.1, 0.15) is 24.8 Å². The van der Waals surface area contributed by atoms with E-state index in [0.29, 0.717) is 12.2 Å². The fraction of sp³-hybridized carbons (Fsp3) is 0.500. The summed E-state index contributed by atoms with van der Waals surface area (Å²) in [5, 5.41) is 3.32. The molecular weight excluding hydrogens is 345 g/mol. The van der Waals surface area contributed by atoms with Gasteiger partial charge in [-0.25, -0.2) is 9.37 Å². The number of nitrogens with zero attached hydrogens (tertiary/aromatic N) is 4. The monoisotopic (exact) mass is 373 g/mol. The van der Waals surface area contributed by atoms with Crippen LogP contribution in [0.15, 0.2) is 41.9 Å². The molecule has 1 fully saturated rings. The minimum Gasteiger partial charge on any atom is -0.381 e. The lowest BCUT2D eigenvalue weighted by Gasteiger charge is -2.26. The Morgan fingerprint density at radius 2 is 2.22 bits per heavy atom. The van der Waals surface area contributed by atoms with Crippen LogP contribution < -0.4 is 5.32 Å². The molecule has 27 heavy (non-hydrogen) atoms. The van der Waals surface area contributed by atoms with Crippen LogP contribution in [0.3, 0.4) is 0 Å². The zero-order chi connectivity index (χ0) is 19.1. The molecule has 0 atom stereocenters. The highest BCUT2D eigenvalue weighted by Crippen LogP contribution is 2.18. The SMILES string of the molecule is CN=C(NCc1ccc(-n2ccnc2)c(F)c1)N(C)CCC1CCOCC1. The third-order valence-corrected chi connectivity index (χ3v) is 5.03. The summed E-state index contributed by atoms with van der Waals surface area (Å²) in [4.78, 5) is 10.4. The van der Waals surface area contributed by atoms with E-state index in [1.54, 1.807) is 42.5 Å². The average Bonchev–Trinajstić information content (AvgIpc) is 3.22. The van der Waals surface area contributed by atoms with Crippen LogP contribution in [-0.4, -0.2) is 54.3 Å². The molecule has 2 aromatic rings. The van der Waals surface area contributed by atoms with Gasteiger partial charge in [-0.2, -0.15) is 0 Å². The summed E-state index contributed by atoms with van der Waals surface area (Å²) < 4.78 is 21.5. The lowest BCUT2D eigenvalue weighted by Crippen LogP contribution is -2.39. The Hall–Kier alpha value is -2.41. The van der Waals surface area contributed by atoms with Crippen molar-refractivity contribution in [3.05, 3.63) is 48.3 Å². The van der Waals surface area contributed by atoms with Gasteiger partial charge in [-0.3, -0.25) is 4.99 Å². The van der Waals surface area contributed by atoms with Gasteiger partial charge in [-0.1, -0.05) is 6.07 Å². The zero-order valence-electron chi connectivity index (χ0n) is 16.1. The van der Waals surface area contributed by atoms with Gasteiger partial charge in [0.2, 0.25) is 0 Å². The highest BCUT2D eigenvalue weighted by molar-refractivity contribution is 5.79. The number of guanidine groups is 1. The first-order chi connectivity index (χ1) is 13.2. The van der Waals surface area contributed by atoms with Gasteiger partial charge in [-0.15, -0.1) is 0 Å². The Morgan fingerprint density at radius 1 is 1.41 bits per heavy atom.